The Balaban J connectivity index is 2.07. The van der Waals surface area contributed by atoms with Crippen molar-refractivity contribution in [2.45, 2.75) is 13.5 Å². The van der Waals surface area contributed by atoms with Crippen LogP contribution >= 0.6 is 0 Å². The summed E-state index contributed by atoms with van der Waals surface area (Å²) in [6.45, 7) is 4.78. The molecule has 1 aromatic heterocycles. The predicted molar refractivity (Wildman–Crippen MR) is 76.3 cm³/mol. The molecule has 2 rings (SSSR count). The van der Waals surface area contributed by atoms with Crippen LogP contribution in [-0.2, 0) is 6.54 Å². The standard InChI is InChI=1S/C15H21N3/c1-12(9-16)10-18(2)11-14-8-7-13-5-3-4-6-15(13)17-14/h3-8,12H,9-11,16H2,1-2H3. The van der Waals surface area contributed by atoms with Gasteiger partial charge in [0.1, 0.15) is 0 Å². The highest BCUT2D eigenvalue weighted by Gasteiger charge is 2.06. The van der Waals surface area contributed by atoms with E-state index in [2.05, 4.69) is 48.1 Å². The van der Waals surface area contributed by atoms with Crippen molar-refractivity contribution in [3.8, 4) is 0 Å². The zero-order chi connectivity index (χ0) is 13.0. The molecular weight excluding hydrogens is 222 g/mol. The first-order valence-electron chi connectivity index (χ1n) is 6.42. The lowest BCUT2D eigenvalue weighted by atomic mass is 10.1. The van der Waals surface area contributed by atoms with E-state index in [9.17, 15) is 0 Å². The van der Waals surface area contributed by atoms with E-state index in [1.54, 1.807) is 0 Å². The van der Waals surface area contributed by atoms with E-state index in [0.717, 1.165) is 30.8 Å². The predicted octanol–water partition coefficient (Wildman–Crippen LogP) is 2.26. The van der Waals surface area contributed by atoms with Crippen LogP contribution in [0.1, 0.15) is 12.6 Å². The maximum absolute atomic E-state index is 5.65. The van der Waals surface area contributed by atoms with Crippen LogP contribution in [-0.4, -0.2) is 30.0 Å². The topological polar surface area (TPSA) is 42.1 Å². The number of para-hydroxylation sites is 1. The van der Waals surface area contributed by atoms with Crippen molar-refractivity contribution in [2.75, 3.05) is 20.1 Å². The van der Waals surface area contributed by atoms with Gasteiger partial charge in [-0.1, -0.05) is 31.2 Å². The molecule has 2 aromatic rings. The average molecular weight is 243 g/mol. The molecule has 0 bridgehead atoms. The molecule has 2 N–H and O–H groups in total. The van der Waals surface area contributed by atoms with Gasteiger partial charge in [0, 0.05) is 18.5 Å². The van der Waals surface area contributed by atoms with Gasteiger partial charge in [-0.2, -0.15) is 0 Å². The fourth-order valence-corrected chi connectivity index (χ4v) is 2.14. The molecule has 0 amide bonds. The van der Waals surface area contributed by atoms with Crippen LogP contribution in [0.5, 0.6) is 0 Å². The molecule has 0 fully saturated rings. The van der Waals surface area contributed by atoms with Crippen LogP contribution in [0.2, 0.25) is 0 Å². The maximum Gasteiger partial charge on any atom is 0.0705 e. The molecule has 0 saturated heterocycles. The quantitative estimate of drug-likeness (QED) is 0.876. The summed E-state index contributed by atoms with van der Waals surface area (Å²) in [5, 5.41) is 1.19. The first-order chi connectivity index (χ1) is 8.69. The fraction of sp³-hybridized carbons (Fsp3) is 0.400. The van der Waals surface area contributed by atoms with Gasteiger partial charge in [0.15, 0.2) is 0 Å². The molecule has 96 valence electrons. The lowest BCUT2D eigenvalue weighted by molar-refractivity contribution is 0.279. The SMILES string of the molecule is CC(CN)CN(C)Cc1ccc2ccccc2n1. The van der Waals surface area contributed by atoms with Gasteiger partial charge in [-0.3, -0.25) is 4.98 Å². The molecule has 0 radical (unpaired) electrons. The monoisotopic (exact) mass is 243 g/mol. The Morgan fingerprint density at radius 2 is 2.00 bits per heavy atom. The average Bonchev–Trinajstić information content (AvgIpc) is 2.38. The molecule has 1 unspecified atom stereocenters. The molecule has 1 atom stereocenters. The van der Waals surface area contributed by atoms with Gasteiger partial charge < -0.3 is 10.6 Å². The fourth-order valence-electron chi connectivity index (χ4n) is 2.14. The van der Waals surface area contributed by atoms with E-state index in [1.165, 1.54) is 5.39 Å². The minimum absolute atomic E-state index is 0.524. The summed E-state index contributed by atoms with van der Waals surface area (Å²) in [7, 11) is 2.11. The number of benzene rings is 1. The third-order valence-corrected chi connectivity index (χ3v) is 3.11. The minimum atomic E-state index is 0.524. The molecule has 3 nitrogen and oxygen atoms in total. The van der Waals surface area contributed by atoms with E-state index < -0.39 is 0 Å². The first kappa shape index (κ1) is 13.0. The Kier molecular flexibility index (Phi) is 4.28. The highest BCUT2D eigenvalue weighted by atomic mass is 15.1. The molecule has 0 saturated carbocycles. The van der Waals surface area contributed by atoms with Crippen molar-refractivity contribution in [1.29, 1.82) is 0 Å². The van der Waals surface area contributed by atoms with Gasteiger partial charge in [0.25, 0.3) is 0 Å². The summed E-state index contributed by atoms with van der Waals surface area (Å²) in [5.74, 6) is 0.524. The second-order valence-electron chi connectivity index (χ2n) is 5.03. The van der Waals surface area contributed by atoms with Crippen LogP contribution < -0.4 is 5.73 Å². The summed E-state index contributed by atoms with van der Waals surface area (Å²) < 4.78 is 0. The van der Waals surface area contributed by atoms with Crippen molar-refractivity contribution in [3.63, 3.8) is 0 Å². The first-order valence-corrected chi connectivity index (χ1v) is 6.42. The van der Waals surface area contributed by atoms with Crippen molar-refractivity contribution in [2.24, 2.45) is 11.7 Å². The number of nitrogens with two attached hydrogens (primary N) is 1. The van der Waals surface area contributed by atoms with Crippen LogP contribution in [0.3, 0.4) is 0 Å². The number of fused-ring (bicyclic) bond motifs is 1. The number of rotatable bonds is 5. The summed E-state index contributed by atoms with van der Waals surface area (Å²) in [5.41, 5.74) is 7.82. The van der Waals surface area contributed by atoms with E-state index in [4.69, 9.17) is 5.73 Å². The zero-order valence-electron chi connectivity index (χ0n) is 11.1. The van der Waals surface area contributed by atoms with Crippen molar-refractivity contribution < 1.29 is 0 Å². The summed E-state index contributed by atoms with van der Waals surface area (Å²) in [6, 6.07) is 12.5. The van der Waals surface area contributed by atoms with E-state index in [-0.39, 0.29) is 0 Å². The number of hydrogen-bond donors (Lipinski definition) is 1. The molecule has 0 aliphatic heterocycles. The lowest BCUT2D eigenvalue weighted by Gasteiger charge is -2.19. The van der Waals surface area contributed by atoms with E-state index >= 15 is 0 Å². The van der Waals surface area contributed by atoms with Gasteiger partial charge in [-0.15, -0.1) is 0 Å². The Morgan fingerprint density at radius 3 is 2.78 bits per heavy atom. The Morgan fingerprint density at radius 1 is 1.22 bits per heavy atom. The van der Waals surface area contributed by atoms with Gasteiger partial charge in [-0.05, 0) is 31.6 Å². The van der Waals surface area contributed by atoms with Crippen LogP contribution in [0.4, 0.5) is 0 Å². The highest BCUT2D eigenvalue weighted by molar-refractivity contribution is 5.78. The molecule has 0 aliphatic rings. The second-order valence-corrected chi connectivity index (χ2v) is 5.03. The van der Waals surface area contributed by atoms with Gasteiger partial charge in [0.2, 0.25) is 0 Å². The van der Waals surface area contributed by atoms with Crippen molar-refractivity contribution in [1.82, 2.24) is 9.88 Å². The molecule has 1 aromatic carbocycles. The summed E-state index contributed by atoms with van der Waals surface area (Å²) in [6.07, 6.45) is 0. The molecule has 0 spiro atoms. The van der Waals surface area contributed by atoms with E-state index in [1.807, 2.05) is 12.1 Å². The molecule has 1 heterocycles. The van der Waals surface area contributed by atoms with Crippen LogP contribution in [0, 0.1) is 5.92 Å². The maximum atomic E-state index is 5.65. The lowest BCUT2D eigenvalue weighted by Crippen LogP contribution is -2.28. The van der Waals surface area contributed by atoms with Crippen molar-refractivity contribution in [3.05, 3.63) is 42.1 Å². The summed E-state index contributed by atoms with van der Waals surface area (Å²) >= 11 is 0. The van der Waals surface area contributed by atoms with Crippen LogP contribution in [0.25, 0.3) is 10.9 Å². The molecule has 18 heavy (non-hydrogen) atoms. The van der Waals surface area contributed by atoms with Crippen molar-refractivity contribution >= 4 is 10.9 Å². The number of hydrogen-bond acceptors (Lipinski definition) is 3. The Bertz CT molecular complexity index is 510. The number of pyridine rings is 1. The normalized spacial score (nSPS) is 13.1. The van der Waals surface area contributed by atoms with Gasteiger partial charge in [-0.25, -0.2) is 0 Å². The largest absolute Gasteiger partial charge is 0.330 e. The number of aromatic nitrogens is 1. The Hall–Kier alpha value is -1.45. The Labute approximate surface area is 109 Å². The molecule has 3 heteroatoms. The van der Waals surface area contributed by atoms with Gasteiger partial charge >= 0.3 is 0 Å². The summed E-state index contributed by atoms with van der Waals surface area (Å²) in [4.78, 5) is 6.95. The number of nitrogens with zero attached hydrogens (tertiary/aromatic N) is 2. The highest BCUT2D eigenvalue weighted by Crippen LogP contribution is 2.12. The smallest absolute Gasteiger partial charge is 0.0705 e. The molecular formula is C15H21N3. The minimum Gasteiger partial charge on any atom is -0.330 e. The van der Waals surface area contributed by atoms with Crippen LogP contribution in [0.15, 0.2) is 36.4 Å². The van der Waals surface area contributed by atoms with E-state index in [0.29, 0.717) is 5.92 Å². The second kappa shape index (κ2) is 5.94. The third-order valence-electron chi connectivity index (χ3n) is 3.11. The third kappa shape index (κ3) is 3.28. The zero-order valence-corrected chi connectivity index (χ0v) is 11.1. The molecule has 0 aliphatic carbocycles. The van der Waals surface area contributed by atoms with Gasteiger partial charge in [0.05, 0.1) is 11.2 Å².